The molecule has 0 unspecified atom stereocenters. The Labute approximate surface area is 151 Å². The molecule has 0 spiro atoms. The molecule has 1 saturated carbocycles. The van der Waals surface area contributed by atoms with Crippen molar-refractivity contribution < 1.29 is 9.13 Å². The predicted molar refractivity (Wildman–Crippen MR) is 95.9 cm³/mol. The van der Waals surface area contributed by atoms with Gasteiger partial charge in [0, 0.05) is 23.9 Å². The SMILES string of the molecule is Cc1nnc([C@H]2CC[C@H](Oc3ccccn3)CC2)n1-c1ccc(F)cc1. The summed E-state index contributed by atoms with van der Waals surface area (Å²) in [6.45, 7) is 1.93. The molecule has 0 aliphatic heterocycles. The van der Waals surface area contributed by atoms with Gasteiger partial charge in [-0.25, -0.2) is 9.37 Å². The smallest absolute Gasteiger partial charge is 0.213 e. The van der Waals surface area contributed by atoms with Crippen molar-refractivity contribution in [2.24, 2.45) is 0 Å². The number of hydrogen-bond donors (Lipinski definition) is 0. The molecule has 0 radical (unpaired) electrons. The summed E-state index contributed by atoms with van der Waals surface area (Å²) >= 11 is 0. The molecular weight excluding hydrogens is 331 g/mol. The average molecular weight is 352 g/mol. The van der Waals surface area contributed by atoms with Gasteiger partial charge in [-0.1, -0.05) is 6.07 Å². The second kappa shape index (κ2) is 7.23. The molecule has 0 bridgehead atoms. The summed E-state index contributed by atoms with van der Waals surface area (Å²) in [5, 5.41) is 8.67. The third-order valence-electron chi connectivity index (χ3n) is 4.90. The van der Waals surface area contributed by atoms with Gasteiger partial charge < -0.3 is 4.74 Å². The minimum atomic E-state index is -0.242. The number of hydrogen-bond acceptors (Lipinski definition) is 4. The van der Waals surface area contributed by atoms with E-state index in [1.807, 2.05) is 29.7 Å². The van der Waals surface area contributed by atoms with Crippen LogP contribution < -0.4 is 4.74 Å². The molecular formula is C20H21FN4O. The van der Waals surface area contributed by atoms with Crippen LogP contribution in [0.1, 0.15) is 43.3 Å². The van der Waals surface area contributed by atoms with Gasteiger partial charge in [-0.05, 0) is 62.9 Å². The van der Waals surface area contributed by atoms with Crippen LogP contribution in [0, 0.1) is 12.7 Å². The Morgan fingerprint density at radius 3 is 2.46 bits per heavy atom. The van der Waals surface area contributed by atoms with Crippen molar-refractivity contribution in [2.75, 3.05) is 0 Å². The van der Waals surface area contributed by atoms with Gasteiger partial charge in [0.15, 0.2) is 0 Å². The first kappa shape index (κ1) is 16.7. The largest absolute Gasteiger partial charge is 0.474 e. The summed E-state index contributed by atoms with van der Waals surface area (Å²) in [7, 11) is 0. The van der Waals surface area contributed by atoms with E-state index in [-0.39, 0.29) is 11.9 Å². The number of nitrogens with zero attached hydrogens (tertiary/aromatic N) is 4. The van der Waals surface area contributed by atoms with Crippen molar-refractivity contribution in [3.63, 3.8) is 0 Å². The fourth-order valence-electron chi connectivity index (χ4n) is 3.58. The third kappa shape index (κ3) is 3.45. The van der Waals surface area contributed by atoms with E-state index in [1.54, 1.807) is 18.3 Å². The molecule has 26 heavy (non-hydrogen) atoms. The Hall–Kier alpha value is -2.76. The van der Waals surface area contributed by atoms with Crippen molar-refractivity contribution in [1.29, 1.82) is 0 Å². The van der Waals surface area contributed by atoms with Crippen LogP contribution in [0.4, 0.5) is 4.39 Å². The molecule has 1 aliphatic carbocycles. The first-order valence-electron chi connectivity index (χ1n) is 8.96. The molecule has 4 rings (SSSR count). The number of aryl methyl sites for hydroxylation is 1. The van der Waals surface area contributed by atoms with Crippen molar-refractivity contribution in [2.45, 2.75) is 44.6 Å². The highest BCUT2D eigenvalue weighted by Crippen LogP contribution is 2.34. The molecule has 0 saturated heterocycles. The molecule has 5 nitrogen and oxygen atoms in total. The number of rotatable bonds is 4. The summed E-state index contributed by atoms with van der Waals surface area (Å²) in [6, 6.07) is 12.2. The molecule has 2 heterocycles. The normalized spacial score (nSPS) is 20.1. The van der Waals surface area contributed by atoms with E-state index in [0.29, 0.717) is 11.8 Å². The Morgan fingerprint density at radius 1 is 1.00 bits per heavy atom. The van der Waals surface area contributed by atoms with Gasteiger partial charge in [0.1, 0.15) is 23.6 Å². The zero-order valence-corrected chi connectivity index (χ0v) is 14.7. The first-order valence-corrected chi connectivity index (χ1v) is 8.96. The lowest BCUT2D eigenvalue weighted by molar-refractivity contribution is 0.139. The van der Waals surface area contributed by atoms with E-state index in [2.05, 4.69) is 15.2 Å². The van der Waals surface area contributed by atoms with Gasteiger partial charge in [0.2, 0.25) is 5.88 Å². The minimum Gasteiger partial charge on any atom is -0.474 e. The first-order chi connectivity index (χ1) is 12.7. The molecule has 0 atom stereocenters. The Balaban J connectivity index is 1.47. The van der Waals surface area contributed by atoms with Crippen LogP contribution in [0.25, 0.3) is 5.69 Å². The maximum absolute atomic E-state index is 13.2. The fourth-order valence-corrected chi connectivity index (χ4v) is 3.58. The lowest BCUT2D eigenvalue weighted by atomic mass is 9.86. The average Bonchev–Trinajstić information content (AvgIpc) is 3.05. The standard InChI is InChI=1S/C20H21FN4O/c1-14-23-24-20(25(14)17-9-7-16(21)8-10-17)15-5-11-18(12-6-15)26-19-4-2-3-13-22-19/h2-4,7-10,13,15,18H,5-6,11-12H2,1H3/t15-,18-. The van der Waals surface area contributed by atoms with Gasteiger partial charge in [-0.3, -0.25) is 4.57 Å². The molecule has 0 N–H and O–H groups in total. The highest BCUT2D eigenvalue weighted by atomic mass is 19.1. The van der Waals surface area contributed by atoms with Crippen molar-refractivity contribution in [3.8, 4) is 11.6 Å². The van der Waals surface area contributed by atoms with E-state index in [9.17, 15) is 4.39 Å². The molecule has 1 fully saturated rings. The number of ether oxygens (including phenoxy) is 1. The van der Waals surface area contributed by atoms with Crippen LogP contribution in [0.5, 0.6) is 5.88 Å². The number of pyridine rings is 1. The highest BCUT2D eigenvalue weighted by molar-refractivity contribution is 5.35. The second-order valence-corrected chi connectivity index (χ2v) is 6.68. The highest BCUT2D eigenvalue weighted by Gasteiger charge is 2.28. The zero-order chi connectivity index (χ0) is 17.9. The van der Waals surface area contributed by atoms with E-state index in [0.717, 1.165) is 43.0 Å². The van der Waals surface area contributed by atoms with E-state index < -0.39 is 0 Å². The molecule has 6 heteroatoms. The van der Waals surface area contributed by atoms with Crippen molar-refractivity contribution >= 4 is 0 Å². The molecule has 0 amide bonds. The van der Waals surface area contributed by atoms with Gasteiger partial charge in [0.05, 0.1) is 0 Å². The van der Waals surface area contributed by atoms with Crippen molar-refractivity contribution in [3.05, 3.63) is 66.1 Å². The van der Waals surface area contributed by atoms with Crippen LogP contribution in [-0.2, 0) is 0 Å². The summed E-state index contributed by atoms with van der Waals surface area (Å²) in [5.74, 6) is 2.53. The van der Waals surface area contributed by atoms with Gasteiger partial charge in [0.25, 0.3) is 0 Å². The summed E-state index contributed by atoms with van der Waals surface area (Å²) in [6.07, 6.45) is 5.81. The third-order valence-corrected chi connectivity index (χ3v) is 4.90. The lowest BCUT2D eigenvalue weighted by Gasteiger charge is -2.28. The minimum absolute atomic E-state index is 0.185. The van der Waals surface area contributed by atoms with Gasteiger partial charge >= 0.3 is 0 Å². The van der Waals surface area contributed by atoms with Crippen LogP contribution in [0.2, 0.25) is 0 Å². The van der Waals surface area contributed by atoms with Crippen molar-refractivity contribution in [1.82, 2.24) is 19.7 Å². The quantitative estimate of drug-likeness (QED) is 0.706. The van der Waals surface area contributed by atoms with Crippen LogP contribution in [0.3, 0.4) is 0 Å². The monoisotopic (exact) mass is 352 g/mol. The van der Waals surface area contributed by atoms with Gasteiger partial charge in [-0.15, -0.1) is 10.2 Å². The van der Waals surface area contributed by atoms with E-state index >= 15 is 0 Å². The maximum atomic E-state index is 13.2. The predicted octanol–water partition coefficient (Wildman–Crippen LogP) is 4.22. The summed E-state index contributed by atoms with van der Waals surface area (Å²) in [4.78, 5) is 4.23. The van der Waals surface area contributed by atoms with E-state index in [4.69, 9.17) is 4.74 Å². The Kier molecular flexibility index (Phi) is 4.65. The second-order valence-electron chi connectivity index (χ2n) is 6.68. The maximum Gasteiger partial charge on any atom is 0.213 e. The fraction of sp³-hybridized carbons (Fsp3) is 0.350. The molecule has 1 aliphatic rings. The Morgan fingerprint density at radius 2 is 1.77 bits per heavy atom. The zero-order valence-electron chi connectivity index (χ0n) is 14.7. The summed E-state index contributed by atoms with van der Waals surface area (Å²) in [5.41, 5.74) is 0.899. The number of halogens is 1. The summed E-state index contributed by atoms with van der Waals surface area (Å²) < 4.78 is 21.3. The van der Waals surface area contributed by atoms with Crippen LogP contribution in [-0.4, -0.2) is 25.9 Å². The van der Waals surface area contributed by atoms with Gasteiger partial charge in [-0.2, -0.15) is 0 Å². The lowest BCUT2D eigenvalue weighted by Crippen LogP contribution is -2.25. The number of benzene rings is 1. The molecule has 2 aromatic heterocycles. The van der Waals surface area contributed by atoms with E-state index in [1.165, 1.54) is 12.1 Å². The Bertz CT molecular complexity index is 855. The molecule has 134 valence electrons. The number of aromatic nitrogens is 4. The van der Waals surface area contributed by atoms with Crippen LogP contribution >= 0.6 is 0 Å². The van der Waals surface area contributed by atoms with Crippen LogP contribution in [0.15, 0.2) is 48.7 Å². The molecule has 3 aromatic rings. The topological polar surface area (TPSA) is 52.8 Å². The molecule has 1 aromatic carbocycles.